The first kappa shape index (κ1) is 17.3. The van der Waals surface area contributed by atoms with Gasteiger partial charge in [-0.15, -0.1) is 0 Å². The number of carbonyl (C=O) groups excluding carboxylic acids is 1. The van der Waals surface area contributed by atoms with Gasteiger partial charge < -0.3 is 14.4 Å². The Kier molecular flexibility index (Phi) is 4.67. The Bertz CT molecular complexity index is 986. The molecule has 3 aromatic rings. The number of likely N-dealkylation sites (tertiary alicyclic amines) is 1. The van der Waals surface area contributed by atoms with Gasteiger partial charge in [0.2, 0.25) is 11.8 Å². The average molecular weight is 362 g/mol. The van der Waals surface area contributed by atoms with Gasteiger partial charge in [0.15, 0.2) is 0 Å². The van der Waals surface area contributed by atoms with E-state index in [4.69, 9.17) is 9.47 Å². The van der Waals surface area contributed by atoms with Gasteiger partial charge in [-0.25, -0.2) is 4.98 Å². The lowest BCUT2D eigenvalue weighted by atomic mass is 10.0. The molecule has 1 saturated heterocycles. The summed E-state index contributed by atoms with van der Waals surface area (Å²) in [6.45, 7) is 1.33. The smallest absolute Gasteiger partial charge is 0.222 e. The second-order valence-electron chi connectivity index (χ2n) is 6.94. The van der Waals surface area contributed by atoms with Crippen molar-refractivity contribution in [2.45, 2.75) is 6.42 Å². The molecule has 1 atom stereocenters. The molecule has 1 aliphatic rings. The highest BCUT2D eigenvalue weighted by atomic mass is 16.5. The minimum atomic E-state index is 0.195. The number of nitrogens with zero attached hydrogens (tertiary/aromatic N) is 2. The number of methoxy groups -OCH3 is 1. The van der Waals surface area contributed by atoms with E-state index < -0.39 is 0 Å². The molecule has 138 valence electrons. The summed E-state index contributed by atoms with van der Waals surface area (Å²) in [5.41, 5.74) is 2.03. The average Bonchev–Trinajstić information content (AvgIpc) is 3.03. The zero-order valence-corrected chi connectivity index (χ0v) is 15.5. The van der Waals surface area contributed by atoms with Gasteiger partial charge in [-0.05, 0) is 46.7 Å². The van der Waals surface area contributed by atoms with Crippen LogP contribution in [0.4, 0.5) is 0 Å². The molecule has 0 radical (unpaired) electrons. The van der Waals surface area contributed by atoms with Crippen molar-refractivity contribution in [2.75, 3.05) is 27.3 Å². The topological polar surface area (TPSA) is 51.7 Å². The number of fused-ring (bicyclic) bond motifs is 1. The van der Waals surface area contributed by atoms with Gasteiger partial charge in [0.25, 0.3) is 0 Å². The van der Waals surface area contributed by atoms with E-state index in [2.05, 4.69) is 29.2 Å². The van der Waals surface area contributed by atoms with Gasteiger partial charge in [-0.1, -0.05) is 18.2 Å². The molecule has 5 nitrogen and oxygen atoms in total. The molecule has 1 unspecified atom stereocenters. The molecule has 5 heteroatoms. The van der Waals surface area contributed by atoms with E-state index in [1.807, 2.05) is 31.3 Å². The van der Waals surface area contributed by atoms with Gasteiger partial charge in [-0.2, -0.15) is 0 Å². The summed E-state index contributed by atoms with van der Waals surface area (Å²) in [6, 6.07) is 16.3. The molecule has 0 spiro atoms. The van der Waals surface area contributed by atoms with Gasteiger partial charge >= 0.3 is 0 Å². The van der Waals surface area contributed by atoms with Crippen molar-refractivity contribution in [3.63, 3.8) is 0 Å². The standard InChI is InChI=1S/C22H22N2O3/c1-24-13-15(10-21(24)25)14-27-19-8-7-16-11-18(6-5-17(16)12-19)20-4-3-9-23-22(20)26-2/h3-9,11-12,15H,10,13-14H2,1-2H3. The van der Waals surface area contributed by atoms with E-state index in [0.717, 1.165) is 34.2 Å². The van der Waals surface area contributed by atoms with E-state index >= 15 is 0 Å². The highest BCUT2D eigenvalue weighted by molar-refractivity contribution is 5.89. The summed E-state index contributed by atoms with van der Waals surface area (Å²) >= 11 is 0. The fourth-order valence-corrected chi connectivity index (χ4v) is 3.54. The predicted molar refractivity (Wildman–Crippen MR) is 105 cm³/mol. The van der Waals surface area contributed by atoms with E-state index in [0.29, 0.717) is 18.9 Å². The van der Waals surface area contributed by atoms with Crippen LogP contribution in [-0.2, 0) is 4.79 Å². The molecule has 1 aromatic heterocycles. The van der Waals surface area contributed by atoms with E-state index in [1.165, 1.54) is 0 Å². The third kappa shape index (κ3) is 3.58. The summed E-state index contributed by atoms with van der Waals surface area (Å²) in [6.07, 6.45) is 2.29. The maximum atomic E-state index is 11.6. The fourth-order valence-electron chi connectivity index (χ4n) is 3.54. The minimum Gasteiger partial charge on any atom is -0.493 e. The zero-order chi connectivity index (χ0) is 18.8. The molecule has 1 aliphatic heterocycles. The van der Waals surface area contributed by atoms with Crippen LogP contribution in [0.5, 0.6) is 11.6 Å². The molecule has 4 rings (SSSR count). The first-order valence-corrected chi connectivity index (χ1v) is 9.04. The van der Waals surface area contributed by atoms with Crippen molar-refractivity contribution in [1.82, 2.24) is 9.88 Å². The minimum absolute atomic E-state index is 0.195. The number of hydrogen-bond donors (Lipinski definition) is 0. The molecule has 2 aromatic carbocycles. The number of carbonyl (C=O) groups is 1. The Morgan fingerprint density at radius 2 is 1.96 bits per heavy atom. The quantitative estimate of drug-likeness (QED) is 0.693. The number of amides is 1. The normalized spacial score (nSPS) is 16.7. The second kappa shape index (κ2) is 7.27. The van der Waals surface area contributed by atoms with Crippen molar-refractivity contribution >= 4 is 16.7 Å². The summed E-state index contributed by atoms with van der Waals surface area (Å²) < 4.78 is 11.3. The molecule has 0 bridgehead atoms. The largest absolute Gasteiger partial charge is 0.493 e. The molecule has 27 heavy (non-hydrogen) atoms. The number of ether oxygens (including phenoxy) is 2. The highest BCUT2D eigenvalue weighted by Gasteiger charge is 2.27. The van der Waals surface area contributed by atoms with Crippen LogP contribution in [0.25, 0.3) is 21.9 Å². The number of benzene rings is 2. The molecule has 0 aliphatic carbocycles. The Balaban J connectivity index is 1.53. The van der Waals surface area contributed by atoms with Crippen LogP contribution < -0.4 is 9.47 Å². The zero-order valence-electron chi connectivity index (χ0n) is 15.5. The van der Waals surface area contributed by atoms with Gasteiger partial charge in [0, 0.05) is 37.7 Å². The lowest BCUT2D eigenvalue weighted by molar-refractivity contribution is -0.126. The van der Waals surface area contributed by atoms with Crippen LogP contribution in [0.3, 0.4) is 0 Å². The fraction of sp³-hybridized carbons (Fsp3) is 0.273. The lowest BCUT2D eigenvalue weighted by Gasteiger charge is -2.13. The Morgan fingerprint density at radius 1 is 1.15 bits per heavy atom. The van der Waals surface area contributed by atoms with Crippen molar-refractivity contribution in [1.29, 1.82) is 0 Å². The Labute approximate surface area is 158 Å². The van der Waals surface area contributed by atoms with Crippen molar-refractivity contribution in [2.24, 2.45) is 5.92 Å². The molecule has 2 heterocycles. The summed E-state index contributed by atoms with van der Waals surface area (Å²) in [4.78, 5) is 17.7. The number of hydrogen-bond acceptors (Lipinski definition) is 4. The van der Waals surface area contributed by atoms with Crippen LogP contribution in [0.15, 0.2) is 54.7 Å². The maximum Gasteiger partial charge on any atom is 0.222 e. The van der Waals surface area contributed by atoms with Gasteiger partial charge in [-0.3, -0.25) is 4.79 Å². The molecule has 0 saturated carbocycles. The number of rotatable bonds is 5. The van der Waals surface area contributed by atoms with Gasteiger partial charge in [0.05, 0.1) is 13.7 Å². The van der Waals surface area contributed by atoms with E-state index in [9.17, 15) is 4.79 Å². The van der Waals surface area contributed by atoms with E-state index in [-0.39, 0.29) is 11.8 Å². The molecular formula is C22H22N2O3. The van der Waals surface area contributed by atoms with Crippen LogP contribution >= 0.6 is 0 Å². The number of aromatic nitrogens is 1. The van der Waals surface area contributed by atoms with Crippen molar-refractivity contribution in [3.8, 4) is 22.8 Å². The molecule has 1 fully saturated rings. The lowest BCUT2D eigenvalue weighted by Crippen LogP contribution is -2.20. The van der Waals surface area contributed by atoms with Crippen LogP contribution in [0.2, 0.25) is 0 Å². The third-order valence-electron chi connectivity index (χ3n) is 4.99. The Hall–Kier alpha value is -3.08. The van der Waals surface area contributed by atoms with Crippen LogP contribution in [0, 0.1) is 5.92 Å². The summed E-state index contributed by atoms with van der Waals surface area (Å²) in [7, 11) is 3.47. The molecule has 0 N–H and O–H groups in total. The van der Waals surface area contributed by atoms with Crippen LogP contribution in [0.1, 0.15) is 6.42 Å². The Morgan fingerprint density at radius 3 is 2.74 bits per heavy atom. The third-order valence-corrected chi connectivity index (χ3v) is 4.99. The molecular weight excluding hydrogens is 340 g/mol. The predicted octanol–water partition coefficient (Wildman–Crippen LogP) is 3.77. The van der Waals surface area contributed by atoms with Gasteiger partial charge in [0.1, 0.15) is 5.75 Å². The van der Waals surface area contributed by atoms with Crippen molar-refractivity contribution in [3.05, 3.63) is 54.7 Å². The monoisotopic (exact) mass is 362 g/mol. The van der Waals surface area contributed by atoms with Crippen LogP contribution in [-0.4, -0.2) is 43.1 Å². The summed E-state index contributed by atoms with van der Waals surface area (Å²) in [5.74, 6) is 1.91. The van der Waals surface area contributed by atoms with E-state index in [1.54, 1.807) is 18.2 Å². The first-order chi connectivity index (χ1) is 13.1. The van der Waals surface area contributed by atoms with Crippen molar-refractivity contribution < 1.29 is 14.3 Å². The molecule has 1 amide bonds. The highest BCUT2D eigenvalue weighted by Crippen LogP contribution is 2.31. The summed E-state index contributed by atoms with van der Waals surface area (Å²) in [5, 5.41) is 2.24. The maximum absolute atomic E-state index is 11.6. The second-order valence-corrected chi connectivity index (χ2v) is 6.94. The number of pyridine rings is 1. The first-order valence-electron chi connectivity index (χ1n) is 9.04. The SMILES string of the molecule is COc1ncccc1-c1ccc2cc(OCC3CC(=O)N(C)C3)ccc2c1.